The van der Waals surface area contributed by atoms with Crippen LogP contribution < -0.4 is 0 Å². The summed E-state index contributed by atoms with van der Waals surface area (Å²) in [6.45, 7) is 6.53. The minimum absolute atomic E-state index is 0.0245. The van der Waals surface area contributed by atoms with Crippen LogP contribution >= 0.6 is 34.5 Å². The zero-order valence-corrected chi connectivity index (χ0v) is 14.4. The lowest BCUT2D eigenvalue weighted by Crippen LogP contribution is -2.14. The van der Waals surface area contributed by atoms with Crippen molar-refractivity contribution in [1.82, 2.24) is 0 Å². The van der Waals surface area contributed by atoms with Gasteiger partial charge in [0.25, 0.3) is 0 Å². The minimum Gasteiger partial charge on any atom is -0.127 e. The van der Waals surface area contributed by atoms with Crippen molar-refractivity contribution in [1.29, 1.82) is 0 Å². The zero-order chi connectivity index (χ0) is 14.7. The molecule has 1 aromatic carbocycles. The molecule has 0 aliphatic rings. The third-order valence-corrected chi connectivity index (χ3v) is 6.18. The lowest BCUT2D eigenvalue weighted by atomic mass is 9.82. The monoisotopic (exact) mass is 326 g/mol. The van der Waals surface area contributed by atoms with Crippen LogP contribution in [0.1, 0.15) is 47.6 Å². The highest BCUT2D eigenvalue weighted by Gasteiger charge is 2.28. The first kappa shape index (κ1) is 15.9. The molecule has 0 radical (unpaired) electrons. The third kappa shape index (κ3) is 3.39. The summed E-state index contributed by atoms with van der Waals surface area (Å²) in [7, 11) is 0. The van der Waals surface area contributed by atoms with Gasteiger partial charge in [-0.05, 0) is 30.0 Å². The van der Waals surface area contributed by atoms with Crippen molar-refractivity contribution in [3.05, 3.63) is 56.7 Å². The number of aryl methyl sites for hydroxylation is 1. The van der Waals surface area contributed by atoms with E-state index in [1.165, 1.54) is 10.4 Å². The molecule has 20 heavy (non-hydrogen) atoms. The Morgan fingerprint density at radius 3 is 2.35 bits per heavy atom. The first-order valence-electron chi connectivity index (χ1n) is 6.99. The van der Waals surface area contributed by atoms with Gasteiger partial charge in [-0.25, -0.2) is 0 Å². The van der Waals surface area contributed by atoms with E-state index in [4.69, 9.17) is 23.2 Å². The smallest absolute Gasteiger partial charge is 0.0960 e. The molecule has 0 saturated heterocycles. The Morgan fingerprint density at radius 2 is 1.85 bits per heavy atom. The van der Waals surface area contributed by atoms with E-state index >= 15 is 0 Å². The normalized spacial score (nSPS) is 15.8. The van der Waals surface area contributed by atoms with Crippen LogP contribution in [0.2, 0.25) is 4.34 Å². The summed E-state index contributed by atoms with van der Waals surface area (Å²) in [6, 6.07) is 12.7. The van der Waals surface area contributed by atoms with Crippen molar-refractivity contribution in [3.8, 4) is 0 Å². The van der Waals surface area contributed by atoms with Gasteiger partial charge in [0.2, 0.25) is 0 Å². The number of thiophene rings is 1. The number of hydrogen-bond acceptors (Lipinski definition) is 1. The molecule has 1 aromatic heterocycles. The van der Waals surface area contributed by atoms with E-state index in [0.29, 0.717) is 11.8 Å². The summed E-state index contributed by atoms with van der Waals surface area (Å²) in [5, 5.41) is -0.0245. The Bertz CT molecular complexity index is 528. The van der Waals surface area contributed by atoms with Gasteiger partial charge in [-0.3, -0.25) is 0 Å². The average Bonchev–Trinajstić information content (AvgIpc) is 2.80. The number of benzene rings is 1. The lowest BCUT2D eigenvalue weighted by molar-refractivity contribution is 0.436. The van der Waals surface area contributed by atoms with Crippen molar-refractivity contribution < 1.29 is 0 Å². The molecular weight excluding hydrogens is 307 g/mol. The second kappa shape index (κ2) is 6.98. The molecule has 0 N–H and O–H groups in total. The Balaban J connectivity index is 2.36. The van der Waals surface area contributed by atoms with Gasteiger partial charge < -0.3 is 0 Å². The maximum absolute atomic E-state index is 6.82. The van der Waals surface area contributed by atoms with Crippen LogP contribution in [-0.2, 0) is 0 Å². The standard InChI is InChI=1S/C17H20Cl2S/c1-4-11(2)15(13-8-6-5-7-9-13)16(18)14-10-12(3)17(19)20-14/h5-11,15-16H,4H2,1-3H3. The zero-order valence-electron chi connectivity index (χ0n) is 12.1. The molecule has 0 bridgehead atoms. The van der Waals surface area contributed by atoms with E-state index in [9.17, 15) is 0 Å². The molecule has 3 unspecified atom stereocenters. The second-order valence-electron chi connectivity index (χ2n) is 5.33. The van der Waals surface area contributed by atoms with Crippen molar-refractivity contribution in [2.75, 3.05) is 0 Å². The SMILES string of the molecule is CCC(C)C(c1ccccc1)C(Cl)c1cc(C)c(Cl)s1. The maximum Gasteiger partial charge on any atom is 0.0960 e. The van der Waals surface area contributed by atoms with E-state index < -0.39 is 0 Å². The molecule has 2 rings (SSSR count). The van der Waals surface area contributed by atoms with Gasteiger partial charge >= 0.3 is 0 Å². The first-order chi connectivity index (χ1) is 9.54. The average molecular weight is 327 g/mol. The molecule has 0 saturated carbocycles. The highest BCUT2D eigenvalue weighted by atomic mass is 35.5. The Labute approximate surface area is 135 Å². The van der Waals surface area contributed by atoms with Crippen molar-refractivity contribution in [2.24, 2.45) is 5.92 Å². The first-order valence-corrected chi connectivity index (χ1v) is 8.62. The largest absolute Gasteiger partial charge is 0.127 e. The minimum atomic E-state index is -0.0245. The fraction of sp³-hybridized carbons (Fsp3) is 0.412. The Hall–Kier alpha value is -0.500. The number of rotatable bonds is 5. The van der Waals surface area contributed by atoms with Crippen LogP contribution in [0.5, 0.6) is 0 Å². The summed E-state index contributed by atoms with van der Waals surface area (Å²) in [5.41, 5.74) is 2.43. The molecule has 0 nitrogen and oxygen atoms in total. The van der Waals surface area contributed by atoms with E-state index in [2.05, 4.69) is 44.2 Å². The van der Waals surface area contributed by atoms with Crippen LogP contribution in [0.15, 0.2) is 36.4 Å². The molecule has 0 aliphatic heterocycles. The molecule has 0 fully saturated rings. The summed E-state index contributed by atoms with van der Waals surface area (Å²) >= 11 is 14.6. The quantitative estimate of drug-likeness (QED) is 0.529. The number of alkyl halides is 1. The highest BCUT2D eigenvalue weighted by Crippen LogP contribution is 2.46. The van der Waals surface area contributed by atoms with E-state index in [0.717, 1.165) is 16.3 Å². The summed E-state index contributed by atoms with van der Waals surface area (Å²) in [5.74, 6) is 0.845. The van der Waals surface area contributed by atoms with Gasteiger partial charge in [0.15, 0.2) is 0 Å². The topological polar surface area (TPSA) is 0 Å². The van der Waals surface area contributed by atoms with E-state index in [1.54, 1.807) is 11.3 Å². The van der Waals surface area contributed by atoms with Gasteiger partial charge in [-0.1, -0.05) is 62.2 Å². The van der Waals surface area contributed by atoms with Crippen molar-refractivity contribution in [2.45, 2.75) is 38.5 Å². The molecule has 3 heteroatoms. The molecule has 2 aromatic rings. The fourth-order valence-electron chi connectivity index (χ4n) is 2.51. The summed E-state index contributed by atoms with van der Waals surface area (Å²) in [4.78, 5) is 1.17. The summed E-state index contributed by atoms with van der Waals surface area (Å²) < 4.78 is 0.849. The molecule has 3 atom stereocenters. The Kier molecular flexibility index (Phi) is 5.54. The highest BCUT2D eigenvalue weighted by molar-refractivity contribution is 7.16. The van der Waals surface area contributed by atoms with Crippen LogP contribution in [-0.4, -0.2) is 0 Å². The lowest BCUT2D eigenvalue weighted by Gasteiger charge is -2.27. The summed E-state index contributed by atoms with van der Waals surface area (Å²) in [6.07, 6.45) is 1.11. The number of hydrogen-bond donors (Lipinski definition) is 0. The van der Waals surface area contributed by atoms with Crippen LogP contribution in [0, 0.1) is 12.8 Å². The molecule has 1 heterocycles. The number of halogens is 2. The Morgan fingerprint density at radius 1 is 1.20 bits per heavy atom. The molecule has 0 spiro atoms. The molecule has 0 aliphatic carbocycles. The van der Waals surface area contributed by atoms with Gasteiger partial charge in [-0.15, -0.1) is 22.9 Å². The molecule has 108 valence electrons. The van der Waals surface area contributed by atoms with Gasteiger partial charge in [-0.2, -0.15) is 0 Å². The van der Waals surface area contributed by atoms with Gasteiger partial charge in [0, 0.05) is 10.8 Å². The van der Waals surface area contributed by atoms with Gasteiger partial charge in [0.05, 0.1) is 9.71 Å². The maximum atomic E-state index is 6.82. The van der Waals surface area contributed by atoms with Crippen molar-refractivity contribution in [3.63, 3.8) is 0 Å². The van der Waals surface area contributed by atoms with Crippen LogP contribution in [0.4, 0.5) is 0 Å². The van der Waals surface area contributed by atoms with Crippen LogP contribution in [0.3, 0.4) is 0 Å². The fourth-order valence-corrected chi connectivity index (χ4v) is 4.35. The van der Waals surface area contributed by atoms with E-state index in [-0.39, 0.29) is 5.38 Å². The predicted molar refractivity (Wildman–Crippen MR) is 91.3 cm³/mol. The molecule has 0 amide bonds. The van der Waals surface area contributed by atoms with Crippen molar-refractivity contribution >= 4 is 34.5 Å². The van der Waals surface area contributed by atoms with Gasteiger partial charge in [0.1, 0.15) is 0 Å². The second-order valence-corrected chi connectivity index (χ2v) is 7.49. The predicted octanol–water partition coefficient (Wildman–Crippen LogP) is 6.82. The third-order valence-electron chi connectivity index (χ3n) is 3.90. The van der Waals surface area contributed by atoms with Crippen LogP contribution in [0.25, 0.3) is 0 Å². The van der Waals surface area contributed by atoms with E-state index in [1.807, 2.05) is 13.0 Å². The molecular formula is C17H20Cl2S.